The van der Waals surface area contributed by atoms with Crippen LogP contribution in [0.4, 0.5) is 15.9 Å². The minimum atomic E-state index is -1.29. The second kappa shape index (κ2) is 4.62. The smallest absolute Gasteiger partial charge is 0.363 e. The lowest BCUT2D eigenvalue weighted by Gasteiger charge is -2.33. The van der Waals surface area contributed by atoms with Crippen molar-refractivity contribution in [3.8, 4) is 0 Å². The van der Waals surface area contributed by atoms with Gasteiger partial charge in [0.1, 0.15) is 6.17 Å². The molecule has 2 rings (SSSR count). The van der Waals surface area contributed by atoms with Crippen molar-refractivity contribution in [2.45, 2.75) is 18.7 Å². The van der Waals surface area contributed by atoms with Crippen LogP contribution < -0.4 is 4.90 Å². The van der Waals surface area contributed by atoms with E-state index in [2.05, 4.69) is 4.98 Å². The van der Waals surface area contributed by atoms with Crippen LogP contribution in [-0.4, -0.2) is 40.4 Å². The summed E-state index contributed by atoms with van der Waals surface area (Å²) in [4.78, 5) is 15.2. The van der Waals surface area contributed by atoms with Gasteiger partial charge in [0.15, 0.2) is 6.20 Å². The number of rotatable bonds is 2. The highest BCUT2D eigenvalue weighted by atomic mass is 19.1. The number of piperidine rings is 1. The highest BCUT2D eigenvalue weighted by Gasteiger charge is 2.28. The Morgan fingerprint density at radius 3 is 2.88 bits per heavy atom. The molecule has 92 valence electrons. The first-order valence-corrected chi connectivity index (χ1v) is 5.25. The molecule has 1 aliphatic rings. The van der Waals surface area contributed by atoms with Crippen LogP contribution in [0.2, 0.25) is 0 Å². The molecule has 0 aliphatic carbocycles. The van der Waals surface area contributed by atoms with Crippen molar-refractivity contribution in [2.24, 2.45) is 0 Å². The fourth-order valence-electron chi connectivity index (χ4n) is 1.80. The number of anilines is 1. The third-order valence-corrected chi connectivity index (χ3v) is 2.79. The lowest BCUT2D eigenvalue weighted by molar-refractivity contribution is -0.389. The summed E-state index contributed by atoms with van der Waals surface area (Å²) in [5.74, 6) is -0.234. The van der Waals surface area contributed by atoms with Gasteiger partial charge >= 0.3 is 5.82 Å². The van der Waals surface area contributed by atoms with Gasteiger partial charge in [-0.05, 0) is 22.4 Å². The van der Waals surface area contributed by atoms with E-state index >= 15 is 0 Å². The molecule has 1 aromatic heterocycles. The highest BCUT2D eigenvalue weighted by Crippen LogP contribution is 2.22. The molecule has 7 heteroatoms. The van der Waals surface area contributed by atoms with E-state index in [-0.39, 0.29) is 12.4 Å². The minimum Gasteiger partial charge on any atom is -0.390 e. The van der Waals surface area contributed by atoms with Gasteiger partial charge < -0.3 is 20.1 Å². The summed E-state index contributed by atoms with van der Waals surface area (Å²) in [5.41, 5.74) is 0.630. The summed E-state index contributed by atoms with van der Waals surface area (Å²) in [7, 11) is 0. The largest absolute Gasteiger partial charge is 0.390 e. The van der Waals surface area contributed by atoms with E-state index < -0.39 is 17.2 Å². The van der Waals surface area contributed by atoms with Crippen molar-refractivity contribution < 1.29 is 14.4 Å². The number of halogens is 1. The van der Waals surface area contributed by atoms with Gasteiger partial charge in [0.25, 0.3) is 0 Å². The number of nitro groups is 1. The Hall–Kier alpha value is -1.76. The van der Waals surface area contributed by atoms with Crippen LogP contribution in [0.25, 0.3) is 0 Å². The second-order valence-corrected chi connectivity index (χ2v) is 3.95. The summed E-state index contributed by atoms with van der Waals surface area (Å²) in [6.45, 7) is 0.599. The molecule has 6 nitrogen and oxygen atoms in total. The average Bonchev–Trinajstić information content (AvgIpc) is 2.33. The van der Waals surface area contributed by atoms with Gasteiger partial charge in [-0.15, -0.1) is 0 Å². The fourth-order valence-corrected chi connectivity index (χ4v) is 1.80. The zero-order chi connectivity index (χ0) is 12.4. The van der Waals surface area contributed by atoms with Crippen LogP contribution >= 0.6 is 0 Å². The van der Waals surface area contributed by atoms with Gasteiger partial charge in [-0.25, -0.2) is 4.39 Å². The van der Waals surface area contributed by atoms with Crippen molar-refractivity contribution >= 4 is 11.5 Å². The maximum absolute atomic E-state index is 13.3. The standard InChI is InChI=1S/C10H12FN3O3/c11-8-6-13(4-3-9(8)15)7-1-2-10(12-5-7)14(16)17/h1-2,5,8-9,15H,3-4,6H2/t8-,9-/m0/s1. The van der Waals surface area contributed by atoms with Gasteiger partial charge in [0.05, 0.1) is 18.3 Å². The molecular formula is C10H12FN3O3. The van der Waals surface area contributed by atoms with Crippen molar-refractivity contribution in [3.63, 3.8) is 0 Å². The third kappa shape index (κ3) is 2.50. The van der Waals surface area contributed by atoms with Crippen molar-refractivity contribution in [1.29, 1.82) is 0 Å². The fraction of sp³-hybridized carbons (Fsp3) is 0.500. The normalized spacial score (nSPS) is 24.7. The molecule has 0 unspecified atom stereocenters. The maximum atomic E-state index is 13.3. The Kier molecular flexibility index (Phi) is 3.19. The Morgan fingerprint density at radius 1 is 1.59 bits per heavy atom. The Labute approximate surface area is 96.8 Å². The molecule has 2 atom stereocenters. The number of aliphatic hydroxyl groups excluding tert-OH is 1. The number of alkyl halides is 1. The van der Waals surface area contributed by atoms with Crippen LogP contribution in [0.15, 0.2) is 18.3 Å². The number of pyridine rings is 1. The summed E-state index contributed by atoms with van der Waals surface area (Å²) in [6, 6.07) is 2.82. The lowest BCUT2D eigenvalue weighted by atomic mass is 10.1. The first-order valence-electron chi connectivity index (χ1n) is 5.25. The van der Waals surface area contributed by atoms with E-state index in [1.54, 1.807) is 4.90 Å². The van der Waals surface area contributed by atoms with E-state index in [4.69, 9.17) is 0 Å². The molecule has 1 saturated heterocycles. The summed E-state index contributed by atoms with van der Waals surface area (Å²) in [5, 5.41) is 19.7. The predicted octanol–water partition coefficient (Wildman–Crippen LogP) is 0.899. The summed E-state index contributed by atoms with van der Waals surface area (Å²) < 4.78 is 13.3. The molecule has 2 heterocycles. The van der Waals surface area contributed by atoms with Crippen molar-refractivity contribution in [1.82, 2.24) is 4.98 Å². The lowest BCUT2D eigenvalue weighted by Crippen LogP contribution is -2.44. The van der Waals surface area contributed by atoms with Crippen LogP contribution in [-0.2, 0) is 0 Å². The second-order valence-electron chi connectivity index (χ2n) is 3.95. The third-order valence-electron chi connectivity index (χ3n) is 2.79. The SMILES string of the molecule is O=[N+]([O-])c1ccc(N2CC[C@H](O)[C@@H](F)C2)cn1. The first-order chi connectivity index (χ1) is 8.08. The van der Waals surface area contributed by atoms with Crippen LogP contribution in [0.1, 0.15) is 6.42 Å². The monoisotopic (exact) mass is 241 g/mol. The molecule has 0 spiro atoms. The summed E-state index contributed by atoms with van der Waals surface area (Å²) in [6.07, 6.45) is -0.517. The van der Waals surface area contributed by atoms with Gasteiger partial charge in [0, 0.05) is 12.6 Å². The van der Waals surface area contributed by atoms with Gasteiger partial charge in [-0.1, -0.05) is 0 Å². The molecule has 0 bridgehead atoms. The Bertz CT molecular complexity index is 412. The van der Waals surface area contributed by atoms with Crippen LogP contribution in [0.5, 0.6) is 0 Å². The van der Waals surface area contributed by atoms with Gasteiger partial charge in [-0.2, -0.15) is 0 Å². The quantitative estimate of drug-likeness (QED) is 0.614. The predicted molar refractivity (Wildman–Crippen MR) is 58.6 cm³/mol. The van der Waals surface area contributed by atoms with E-state index in [1.807, 2.05) is 0 Å². The Balaban J connectivity index is 2.10. The zero-order valence-electron chi connectivity index (χ0n) is 8.99. The molecule has 1 N–H and O–H groups in total. The molecular weight excluding hydrogens is 229 g/mol. The molecule has 0 radical (unpaired) electrons. The number of aliphatic hydroxyl groups is 1. The Morgan fingerprint density at radius 2 is 2.35 bits per heavy atom. The molecule has 0 saturated carbocycles. The number of nitrogens with zero attached hydrogens (tertiary/aromatic N) is 3. The summed E-state index contributed by atoms with van der Waals surface area (Å²) >= 11 is 0. The average molecular weight is 241 g/mol. The number of hydrogen-bond acceptors (Lipinski definition) is 5. The maximum Gasteiger partial charge on any atom is 0.363 e. The minimum absolute atomic E-state index is 0.0840. The van der Waals surface area contributed by atoms with Crippen molar-refractivity contribution in [2.75, 3.05) is 18.0 Å². The van der Waals surface area contributed by atoms with E-state index in [0.29, 0.717) is 18.7 Å². The first kappa shape index (κ1) is 11.7. The van der Waals surface area contributed by atoms with E-state index in [1.165, 1.54) is 18.3 Å². The molecule has 0 amide bonds. The highest BCUT2D eigenvalue weighted by molar-refractivity contribution is 5.47. The van der Waals surface area contributed by atoms with Crippen molar-refractivity contribution in [3.05, 3.63) is 28.4 Å². The van der Waals surface area contributed by atoms with E-state index in [9.17, 15) is 19.6 Å². The zero-order valence-corrected chi connectivity index (χ0v) is 8.99. The molecule has 1 fully saturated rings. The molecule has 17 heavy (non-hydrogen) atoms. The molecule has 1 aliphatic heterocycles. The van der Waals surface area contributed by atoms with Gasteiger partial charge in [-0.3, -0.25) is 0 Å². The van der Waals surface area contributed by atoms with E-state index in [0.717, 1.165) is 0 Å². The molecule has 1 aromatic rings. The topological polar surface area (TPSA) is 79.5 Å². The number of hydrogen-bond donors (Lipinski definition) is 1. The number of aromatic nitrogens is 1. The van der Waals surface area contributed by atoms with Crippen LogP contribution in [0.3, 0.4) is 0 Å². The molecule has 0 aromatic carbocycles. The van der Waals surface area contributed by atoms with Gasteiger partial charge in [0.2, 0.25) is 0 Å². The van der Waals surface area contributed by atoms with Crippen LogP contribution in [0, 0.1) is 10.1 Å².